The molecule has 0 spiro atoms. The molecule has 9 heteroatoms. The maximum atomic E-state index is 12.1. The van der Waals surface area contributed by atoms with Gasteiger partial charge in [0.1, 0.15) is 6.04 Å². The average Bonchev–Trinajstić information content (AvgIpc) is 3.00. The Hall–Kier alpha value is -1.77. The molecular formula is C14H21N3O5S. The van der Waals surface area contributed by atoms with Crippen molar-refractivity contribution < 1.29 is 23.9 Å². The molecule has 0 aromatic rings. The molecule has 2 saturated heterocycles. The highest BCUT2D eigenvalue weighted by atomic mass is 32.2. The zero-order valence-electron chi connectivity index (χ0n) is 13.2. The van der Waals surface area contributed by atoms with Gasteiger partial charge in [0, 0.05) is 18.7 Å². The minimum absolute atomic E-state index is 0.0554. The van der Waals surface area contributed by atoms with E-state index in [-0.39, 0.29) is 23.2 Å². The summed E-state index contributed by atoms with van der Waals surface area (Å²) in [6.07, 6.45) is 1.15. The number of esters is 1. The number of carbonyl (C=O) groups excluding carboxylic acids is 4. The predicted molar refractivity (Wildman–Crippen MR) is 83.4 cm³/mol. The van der Waals surface area contributed by atoms with Crippen molar-refractivity contribution in [3.63, 3.8) is 0 Å². The van der Waals surface area contributed by atoms with Crippen LogP contribution in [-0.2, 0) is 23.9 Å². The predicted octanol–water partition coefficient (Wildman–Crippen LogP) is -0.764. The fraction of sp³-hybridized carbons (Fsp3) is 0.714. The Morgan fingerprint density at radius 2 is 2.09 bits per heavy atom. The maximum absolute atomic E-state index is 12.1. The SMILES string of the molecule is CCNC(=O)CNC(=O)COC(=O)[C@@H]1CS[C@]2(C)CCC(=O)N12. The first-order valence-corrected chi connectivity index (χ1v) is 8.52. The molecule has 8 nitrogen and oxygen atoms in total. The molecule has 2 atom stereocenters. The molecule has 0 saturated carbocycles. The summed E-state index contributed by atoms with van der Waals surface area (Å²) in [6.45, 7) is 3.57. The second-order valence-corrected chi connectivity index (χ2v) is 7.11. The minimum atomic E-state index is -0.642. The Balaban J connectivity index is 1.78. The number of nitrogens with one attached hydrogen (secondary N) is 2. The van der Waals surface area contributed by atoms with Crippen molar-refractivity contribution in [3.8, 4) is 0 Å². The first-order chi connectivity index (χ1) is 10.9. The van der Waals surface area contributed by atoms with Crippen molar-refractivity contribution in [3.05, 3.63) is 0 Å². The highest BCUT2D eigenvalue weighted by Crippen LogP contribution is 2.47. The Kier molecular flexibility index (Phi) is 5.51. The van der Waals surface area contributed by atoms with Gasteiger partial charge in [-0.25, -0.2) is 4.79 Å². The second kappa shape index (κ2) is 7.20. The van der Waals surface area contributed by atoms with Crippen LogP contribution in [0.5, 0.6) is 0 Å². The summed E-state index contributed by atoms with van der Waals surface area (Å²) >= 11 is 1.56. The zero-order chi connectivity index (χ0) is 17.0. The van der Waals surface area contributed by atoms with Gasteiger partial charge in [-0.2, -0.15) is 0 Å². The lowest BCUT2D eigenvalue weighted by Crippen LogP contribution is -2.47. The Bertz CT molecular complexity index is 527. The van der Waals surface area contributed by atoms with Crippen LogP contribution in [0.25, 0.3) is 0 Å². The number of rotatable bonds is 6. The molecule has 0 aliphatic carbocycles. The van der Waals surface area contributed by atoms with Crippen molar-refractivity contribution in [2.75, 3.05) is 25.4 Å². The number of thioether (sulfide) groups is 1. The maximum Gasteiger partial charge on any atom is 0.330 e. The van der Waals surface area contributed by atoms with Gasteiger partial charge in [0.2, 0.25) is 11.8 Å². The molecule has 2 heterocycles. The van der Waals surface area contributed by atoms with Crippen LogP contribution in [0.15, 0.2) is 0 Å². The van der Waals surface area contributed by atoms with Crippen LogP contribution in [0.1, 0.15) is 26.7 Å². The molecular weight excluding hydrogens is 322 g/mol. The van der Waals surface area contributed by atoms with Gasteiger partial charge < -0.3 is 20.3 Å². The molecule has 0 unspecified atom stereocenters. The van der Waals surface area contributed by atoms with Crippen LogP contribution in [0.2, 0.25) is 0 Å². The standard InChI is InChI=1S/C14H21N3O5S/c1-3-15-10(18)6-16-11(19)7-22-13(21)9-8-23-14(2)5-4-12(20)17(9)14/h9H,3-8H2,1-2H3,(H,15,18)(H,16,19)/t9-,14+/m0/s1. The zero-order valence-corrected chi connectivity index (χ0v) is 14.0. The molecule has 128 valence electrons. The van der Waals surface area contributed by atoms with E-state index in [0.717, 1.165) is 0 Å². The summed E-state index contributed by atoms with van der Waals surface area (Å²) in [6, 6.07) is -0.642. The summed E-state index contributed by atoms with van der Waals surface area (Å²) in [5, 5.41) is 4.90. The smallest absolute Gasteiger partial charge is 0.330 e. The third kappa shape index (κ3) is 3.95. The monoisotopic (exact) mass is 343 g/mol. The molecule has 2 aliphatic rings. The van der Waals surface area contributed by atoms with Gasteiger partial charge in [-0.1, -0.05) is 0 Å². The summed E-state index contributed by atoms with van der Waals surface area (Å²) in [4.78, 5) is 48.1. The molecule has 2 N–H and O–H groups in total. The van der Waals surface area contributed by atoms with Crippen LogP contribution >= 0.6 is 11.8 Å². The summed E-state index contributed by atoms with van der Waals surface area (Å²) in [5.74, 6) is -1.02. The number of carbonyl (C=O) groups is 4. The van der Waals surface area contributed by atoms with E-state index in [9.17, 15) is 19.2 Å². The summed E-state index contributed by atoms with van der Waals surface area (Å²) in [5.41, 5.74) is 0. The number of amides is 3. The quantitative estimate of drug-likeness (QED) is 0.614. The summed E-state index contributed by atoms with van der Waals surface area (Å²) in [7, 11) is 0. The van der Waals surface area contributed by atoms with Gasteiger partial charge in [0.25, 0.3) is 5.91 Å². The van der Waals surface area contributed by atoms with Crippen molar-refractivity contribution >= 4 is 35.5 Å². The van der Waals surface area contributed by atoms with Gasteiger partial charge >= 0.3 is 5.97 Å². The number of likely N-dealkylation sites (N-methyl/N-ethyl adjacent to an activating group) is 1. The van der Waals surface area contributed by atoms with Crippen molar-refractivity contribution in [2.24, 2.45) is 0 Å². The van der Waals surface area contributed by atoms with E-state index in [0.29, 0.717) is 25.1 Å². The van der Waals surface area contributed by atoms with Crippen LogP contribution in [0.3, 0.4) is 0 Å². The van der Waals surface area contributed by atoms with Crippen LogP contribution in [0.4, 0.5) is 0 Å². The fourth-order valence-corrected chi connectivity index (χ4v) is 4.13. The van der Waals surface area contributed by atoms with Gasteiger partial charge in [-0.3, -0.25) is 14.4 Å². The first-order valence-electron chi connectivity index (χ1n) is 7.53. The van der Waals surface area contributed by atoms with Crippen molar-refractivity contribution in [1.82, 2.24) is 15.5 Å². The molecule has 0 aromatic carbocycles. The van der Waals surface area contributed by atoms with Crippen LogP contribution in [-0.4, -0.2) is 65.0 Å². The Morgan fingerprint density at radius 1 is 1.35 bits per heavy atom. The molecule has 0 radical (unpaired) electrons. The highest BCUT2D eigenvalue weighted by molar-refractivity contribution is 8.01. The lowest BCUT2D eigenvalue weighted by atomic mass is 10.2. The number of ether oxygens (including phenoxy) is 1. The molecule has 23 heavy (non-hydrogen) atoms. The van der Waals surface area contributed by atoms with E-state index >= 15 is 0 Å². The van der Waals surface area contributed by atoms with Gasteiger partial charge in [0.15, 0.2) is 6.61 Å². The third-order valence-electron chi connectivity index (χ3n) is 3.88. The largest absolute Gasteiger partial charge is 0.454 e. The molecule has 2 aliphatic heterocycles. The Labute approximate surface area is 138 Å². The van der Waals surface area contributed by atoms with Crippen LogP contribution in [0, 0.1) is 0 Å². The highest BCUT2D eigenvalue weighted by Gasteiger charge is 2.53. The summed E-state index contributed by atoms with van der Waals surface area (Å²) < 4.78 is 4.99. The van der Waals surface area contributed by atoms with E-state index < -0.39 is 24.5 Å². The van der Waals surface area contributed by atoms with Gasteiger partial charge in [-0.05, 0) is 20.3 Å². The third-order valence-corrected chi connectivity index (χ3v) is 5.39. The average molecular weight is 343 g/mol. The number of nitrogens with zero attached hydrogens (tertiary/aromatic N) is 1. The van der Waals surface area contributed by atoms with E-state index in [4.69, 9.17) is 4.74 Å². The second-order valence-electron chi connectivity index (χ2n) is 5.60. The van der Waals surface area contributed by atoms with E-state index in [1.807, 2.05) is 6.92 Å². The molecule has 0 aromatic heterocycles. The normalized spacial score (nSPS) is 25.9. The first kappa shape index (κ1) is 17.6. The van der Waals surface area contributed by atoms with Crippen LogP contribution < -0.4 is 10.6 Å². The van der Waals surface area contributed by atoms with E-state index in [2.05, 4.69) is 10.6 Å². The molecule has 2 fully saturated rings. The van der Waals surface area contributed by atoms with Gasteiger partial charge in [-0.15, -0.1) is 11.8 Å². The molecule has 0 bridgehead atoms. The fourth-order valence-electron chi connectivity index (χ4n) is 2.72. The van der Waals surface area contributed by atoms with Crippen molar-refractivity contribution in [2.45, 2.75) is 37.6 Å². The van der Waals surface area contributed by atoms with Crippen molar-refractivity contribution in [1.29, 1.82) is 0 Å². The minimum Gasteiger partial charge on any atom is -0.454 e. The van der Waals surface area contributed by atoms with E-state index in [1.165, 1.54) is 0 Å². The molecule has 3 amide bonds. The molecule has 2 rings (SSSR count). The van der Waals surface area contributed by atoms with Gasteiger partial charge in [0.05, 0.1) is 11.4 Å². The number of fused-ring (bicyclic) bond motifs is 1. The topological polar surface area (TPSA) is 105 Å². The number of hydrogen-bond donors (Lipinski definition) is 2. The van der Waals surface area contributed by atoms with E-state index in [1.54, 1.807) is 23.6 Å². The number of hydrogen-bond acceptors (Lipinski definition) is 6. The Morgan fingerprint density at radius 3 is 2.78 bits per heavy atom. The lowest BCUT2D eigenvalue weighted by molar-refractivity contribution is -0.156. The lowest BCUT2D eigenvalue weighted by Gasteiger charge is -2.29.